The molecule has 1 radical (unpaired) electrons. The summed E-state index contributed by atoms with van der Waals surface area (Å²) in [5.41, 5.74) is 1.37. The van der Waals surface area contributed by atoms with Crippen LogP contribution in [0.3, 0.4) is 0 Å². The molecule has 0 unspecified atom stereocenters. The number of hydrogen-bond acceptors (Lipinski definition) is 2. The van der Waals surface area contributed by atoms with Crippen molar-refractivity contribution in [3.63, 3.8) is 0 Å². The number of benzene rings is 2. The maximum atomic E-state index is 12.0. The van der Waals surface area contributed by atoms with Gasteiger partial charge >= 0.3 is 0 Å². The Kier molecular flexibility index (Phi) is 3.15. The molecular formula is C13H12NO2S. The van der Waals surface area contributed by atoms with Gasteiger partial charge in [-0.3, -0.25) is 4.72 Å². The summed E-state index contributed by atoms with van der Waals surface area (Å²) >= 11 is 0. The van der Waals surface area contributed by atoms with E-state index in [4.69, 9.17) is 0 Å². The molecule has 0 bridgehead atoms. The second-order valence-corrected chi connectivity index (χ2v) is 5.30. The lowest BCUT2D eigenvalue weighted by molar-refractivity contribution is 0.601. The Bertz CT molecular complexity index is 589. The quantitative estimate of drug-likeness (QED) is 0.905. The van der Waals surface area contributed by atoms with E-state index in [1.54, 1.807) is 54.6 Å². The molecule has 0 aliphatic rings. The fraction of sp³-hybridized carbons (Fsp3) is 0. The topological polar surface area (TPSA) is 46.2 Å². The molecule has 2 rings (SSSR count). The molecule has 87 valence electrons. The summed E-state index contributed by atoms with van der Waals surface area (Å²) in [6.45, 7) is 3.74. The molecule has 2 aromatic rings. The van der Waals surface area contributed by atoms with Crippen LogP contribution in [-0.2, 0) is 10.0 Å². The molecule has 4 heteroatoms. The van der Waals surface area contributed by atoms with Crippen molar-refractivity contribution in [2.75, 3.05) is 4.72 Å². The van der Waals surface area contributed by atoms with Crippen LogP contribution in [0, 0.1) is 6.92 Å². The first-order chi connectivity index (χ1) is 8.08. The van der Waals surface area contributed by atoms with Gasteiger partial charge in [0.15, 0.2) is 0 Å². The van der Waals surface area contributed by atoms with Gasteiger partial charge in [-0.2, -0.15) is 0 Å². The molecule has 3 nitrogen and oxygen atoms in total. The van der Waals surface area contributed by atoms with E-state index in [9.17, 15) is 8.42 Å². The molecule has 0 aliphatic heterocycles. The molecule has 0 aromatic heterocycles. The molecule has 0 amide bonds. The van der Waals surface area contributed by atoms with Crippen LogP contribution in [0.25, 0.3) is 0 Å². The van der Waals surface area contributed by atoms with Gasteiger partial charge in [0.05, 0.1) is 4.90 Å². The fourth-order valence-corrected chi connectivity index (χ4v) is 2.47. The first-order valence-electron chi connectivity index (χ1n) is 5.08. The van der Waals surface area contributed by atoms with Crippen LogP contribution in [0.1, 0.15) is 5.56 Å². The molecule has 0 fully saturated rings. The predicted octanol–water partition coefficient (Wildman–Crippen LogP) is 2.67. The predicted molar refractivity (Wildman–Crippen MR) is 68.2 cm³/mol. The smallest absolute Gasteiger partial charge is 0.261 e. The van der Waals surface area contributed by atoms with Crippen LogP contribution in [0.4, 0.5) is 5.69 Å². The van der Waals surface area contributed by atoms with Crippen molar-refractivity contribution in [1.82, 2.24) is 0 Å². The molecular weight excluding hydrogens is 234 g/mol. The van der Waals surface area contributed by atoms with E-state index < -0.39 is 10.0 Å². The van der Waals surface area contributed by atoms with E-state index in [1.807, 2.05) is 0 Å². The Morgan fingerprint density at radius 1 is 0.882 bits per heavy atom. The summed E-state index contributed by atoms with van der Waals surface area (Å²) in [5, 5.41) is 0. The average molecular weight is 246 g/mol. The SMILES string of the molecule is [CH2]c1ccc(NS(=O)(=O)c2ccccc2)cc1. The molecule has 2 aromatic carbocycles. The monoisotopic (exact) mass is 246 g/mol. The number of sulfonamides is 1. The van der Waals surface area contributed by atoms with Crippen molar-refractivity contribution in [3.05, 3.63) is 67.1 Å². The van der Waals surface area contributed by atoms with Gasteiger partial charge in [-0.1, -0.05) is 30.3 Å². The number of nitrogens with one attached hydrogen (secondary N) is 1. The van der Waals surface area contributed by atoms with Crippen LogP contribution in [0.5, 0.6) is 0 Å². The van der Waals surface area contributed by atoms with Crippen molar-refractivity contribution < 1.29 is 8.42 Å². The average Bonchev–Trinajstić information content (AvgIpc) is 2.33. The minimum Gasteiger partial charge on any atom is -0.280 e. The van der Waals surface area contributed by atoms with Crippen LogP contribution >= 0.6 is 0 Å². The summed E-state index contributed by atoms with van der Waals surface area (Å²) in [6.07, 6.45) is 0. The second kappa shape index (κ2) is 4.59. The zero-order valence-electron chi connectivity index (χ0n) is 9.13. The molecule has 17 heavy (non-hydrogen) atoms. The highest BCUT2D eigenvalue weighted by atomic mass is 32.2. The Morgan fingerprint density at radius 2 is 1.47 bits per heavy atom. The van der Waals surface area contributed by atoms with Gasteiger partial charge in [0.1, 0.15) is 0 Å². The lowest BCUT2D eigenvalue weighted by atomic mass is 10.2. The van der Waals surface area contributed by atoms with Gasteiger partial charge in [0.25, 0.3) is 10.0 Å². The van der Waals surface area contributed by atoms with Crippen LogP contribution in [0.2, 0.25) is 0 Å². The Balaban J connectivity index is 2.27. The van der Waals surface area contributed by atoms with Crippen LogP contribution in [0.15, 0.2) is 59.5 Å². The first kappa shape index (κ1) is 11.7. The molecule has 1 N–H and O–H groups in total. The maximum Gasteiger partial charge on any atom is 0.261 e. The Hall–Kier alpha value is -1.81. The summed E-state index contributed by atoms with van der Waals surface area (Å²) in [5.74, 6) is 0. The van der Waals surface area contributed by atoms with Crippen molar-refractivity contribution in [3.8, 4) is 0 Å². The summed E-state index contributed by atoms with van der Waals surface area (Å²) in [7, 11) is -3.50. The van der Waals surface area contributed by atoms with Gasteiger partial charge in [0, 0.05) is 5.69 Å². The first-order valence-corrected chi connectivity index (χ1v) is 6.56. The lowest BCUT2D eigenvalue weighted by Crippen LogP contribution is -2.12. The standard InChI is InChI=1S/C13H12NO2S/c1-11-7-9-12(10-8-11)14-17(15,16)13-5-3-2-4-6-13/h2-10,14H,1H2. The van der Waals surface area contributed by atoms with Crippen molar-refractivity contribution >= 4 is 15.7 Å². The summed E-state index contributed by atoms with van der Waals surface area (Å²) in [4.78, 5) is 0.249. The zero-order chi connectivity index (χ0) is 12.3. The van der Waals surface area contributed by atoms with E-state index in [1.165, 1.54) is 0 Å². The van der Waals surface area contributed by atoms with Gasteiger partial charge in [-0.15, -0.1) is 0 Å². The van der Waals surface area contributed by atoms with Gasteiger partial charge in [-0.25, -0.2) is 8.42 Å². The number of hydrogen-bond donors (Lipinski definition) is 1. The minimum absolute atomic E-state index is 0.249. The lowest BCUT2D eigenvalue weighted by Gasteiger charge is -2.07. The zero-order valence-corrected chi connectivity index (χ0v) is 9.94. The second-order valence-electron chi connectivity index (χ2n) is 3.62. The molecule has 0 saturated carbocycles. The molecule has 0 saturated heterocycles. The van der Waals surface area contributed by atoms with Crippen LogP contribution < -0.4 is 4.72 Å². The van der Waals surface area contributed by atoms with Crippen molar-refractivity contribution in [2.24, 2.45) is 0 Å². The Labute approximate surface area is 101 Å². The van der Waals surface area contributed by atoms with E-state index in [2.05, 4.69) is 11.6 Å². The van der Waals surface area contributed by atoms with E-state index >= 15 is 0 Å². The van der Waals surface area contributed by atoms with E-state index in [0.29, 0.717) is 5.69 Å². The maximum absolute atomic E-state index is 12.0. The highest BCUT2D eigenvalue weighted by Gasteiger charge is 2.12. The normalized spacial score (nSPS) is 11.1. The third-order valence-corrected chi connectivity index (χ3v) is 3.66. The minimum atomic E-state index is -3.50. The van der Waals surface area contributed by atoms with Gasteiger partial charge in [0.2, 0.25) is 0 Å². The third-order valence-electron chi connectivity index (χ3n) is 2.26. The molecule has 0 heterocycles. The van der Waals surface area contributed by atoms with E-state index in [0.717, 1.165) is 5.56 Å². The summed E-state index contributed by atoms with van der Waals surface area (Å²) in [6, 6.07) is 15.1. The third kappa shape index (κ3) is 2.85. The number of anilines is 1. The highest BCUT2D eigenvalue weighted by molar-refractivity contribution is 7.92. The van der Waals surface area contributed by atoms with E-state index in [-0.39, 0.29) is 4.90 Å². The fourth-order valence-electron chi connectivity index (χ4n) is 1.39. The van der Waals surface area contributed by atoms with Crippen molar-refractivity contribution in [1.29, 1.82) is 0 Å². The molecule has 0 aliphatic carbocycles. The van der Waals surface area contributed by atoms with Crippen molar-refractivity contribution in [2.45, 2.75) is 4.90 Å². The Morgan fingerprint density at radius 3 is 2.06 bits per heavy atom. The van der Waals surface area contributed by atoms with Gasteiger partial charge in [-0.05, 0) is 36.8 Å². The highest BCUT2D eigenvalue weighted by Crippen LogP contribution is 2.15. The number of rotatable bonds is 3. The van der Waals surface area contributed by atoms with Gasteiger partial charge < -0.3 is 0 Å². The molecule has 0 atom stereocenters. The van der Waals surface area contributed by atoms with Crippen LogP contribution in [-0.4, -0.2) is 8.42 Å². The molecule has 0 spiro atoms. The summed E-state index contributed by atoms with van der Waals surface area (Å²) < 4.78 is 26.4. The largest absolute Gasteiger partial charge is 0.280 e.